The molecule has 0 spiro atoms. The molecule has 114 valence electrons. The van der Waals surface area contributed by atoms with E-state index in [2.05, 4.69) is 21.0 Å². The van der Waals surface area contributed by atoms with Crippen molar-refractivity contribution < 1.29 is 10.2 Å². The second-order valence-electron chi connectivity index (χ2n) is 5.64. The topological polar surface area (TPSA) is 65.8 Å². The van der Waals surface area contributed by atoms with Crippen LogP contribution in [0.15, 0.2) is 16.9 Å². The molecule has 0 bridgehead atoms. The first-order valence-electron chi connectivity index (χ1n) is 6.91. The Morgan fingerprint density at radius 3 is 2.95 bits per heavy atom. The number of β-amino-alcohol motifs (C(OH)–C–C–N with tert-alkyl or cyclic N) is 1. The SMILES string of the molecule is CN1C=C2C(N=CN2CC(O)CN(C)CCO)N(C)C1. The fourth-order valence-electron chi connectivity index (χ4n) is 2.67. The number of hydrogen-bond acceptors (Lipinski definition) is 7. The first-order chi connectivity index (χ1) is 9.51. The van der Waals surface area contributed by atoms with Crippen LogP contribution >= 0.6 is 0 Å². The fourth-order valence-corrected chi connectivity index (χ4v) is 2.67. The van der Waals surface area contributed by atoms with Gasteiger partial charge in [0, 0.05) is 26.3 Å². The van der Waals surface area contributed by atoms with Crippen LogP contribution in [-0.4, -0.2) is 102 Å². The molecule has 2 unspecified atom stereocenters. The van der Waals surface area contributed by atoms with Crippen molar-refractivity contribution in [3.8, 4) is 0 Å². The summed E-state index contributed by atoms with van der Waals surface area (Å²) in [7, 11) is 5.96. The third-order valence-corrected chi connectivity index (χ3v) is 3.57. The zero-order valence-corrected chi connectivity index (χ0v) is 12.5. The Balaban J connectivity index is 1.92. The van der Waals surface area contributed by atoms with E-state index in [0.717, 1.165) is 12.4 Å². The molecule has 0 saturated carbocycles. The lowest BCUT2D eigenvalue weighted by Gasteiger charge is -2.36. The van der Waals surface area contributed by atoms with E-state index in [4.69, 9.17) is 5.11 Å². The molecule has 7 heteroatoms. The van der Waals surface area contributed by atoms with Crippen molar-refractivity contribution in [1.82, 2.24) is 19.6 Å². The van der Waals surface area contributed by atoms with Crippen molar-refractivity contribution in [2.24, 2.45) is 4.99 Å². The lowest BCUT2D eigenvalue weighted by atomic mass is 10.2. The summed E-state index contributed by atoms with van der Waals surface area (Å²) in [6, 6.07) is 0. The second-order valence-corrected chi connectivity index (χ2v) is 5.64. The van der Waals surface area contributed by atoms with Gasteiger partial charge < -0.3 is 24.9 Å². The predicted octanol–water partition coefficient (Wildman–Crippen LogP) is -1.38. The molecule has 2 N–H and O–H groups in total. The van der Waals surface area contributed by atoms with Crippen LogP contribution in [0.1, 0.15) is 0 Å². The van der Waals surface area contributed by atoms with E-state index in [1.807, 2.05) is 30.9 Å². The van der Waals surface area contributed by atoms with Gasteiger partial charge in [-0.2, -0.15) is 0 Å². The van der Waals surface area contributed by atoms with Gasteiger partial charge in [0.15, 0.2) is 0 Å². The molecule has 2 aliphatic rings. The predicted molar refractivity (Wildman–Crippen MR) is 78.1 cm³/mol. The number of likely N-dealkylation sites (N-methyl/N-ethyl adjacent to an activating group) is 2. The van der Waals surface area contributed by atoms with Gasteiger partial charge in [-0.25, -0.2) is 4.99 Å². The van der Waals surface area contributed by atoms with Gasteiger partial charge in [0.2, 0.25) is 0 Å². The molecule has 2 atom stereocenters. The maximum atomic E-state index is 10.1. The minimum absolute atomic E-state index is 0.0635. The average molecular weight is 283 g/mol. The summed E-state index contributed by atoms with van der Waals surface area (Å²) in [6.45, 7) is 2.58. The number of hydrogen-bond donors (Lipinski definition) is 2. The summed E-state index contributed by atoms with van der Waals surface area (Å²) in [4.78, 5) is 12.7. The number of aliphatic hydroxyl groups is 2. The van der Waals surface area contributed by atoms with Crippen LogP contribution in [0.4, 0.5) is 0 Å². The maximum Gasteiger partial charge on any atom is 0.147 e. The Morgan fingerprint density at radius 1 is 1.50 bits per heavy atom. The van der Waals surface area contributed by atoms with Gasteiger partial charge in [0.1, 0.15) is 6.17 Å². The Morgan fingerprint density at radius 2 is 2.25 bits per heavy atom. The van der Waals surface area contributed by atoms with E-state index in [9.17, 15) is 5.11 Å². The third kappa shape index (κ3) is 3.49. The summed E-state index contributed by atoms with van der Waals surface area (Å²) >= 11 is 0. The molecule has 0 aromatic heterocycles. The summed E-state index contributed by atoms with van der Waals surface area (Å²) in [6.07, 6.45) is 3.48. The number of nitrogens with zero attached hydrogens (tertiary/aromatic N) is 5. The number of aliphatic imine (C=N–C) groups is 1. The molecule has 0 aromatic rings. The summed E-state index contributed by atoms with van der Waals surface area (Å²) in [5.74, 6) is 0. The number of fused-ring (bicyclic) bond motifs is 1. The van der Waals surface area contributed by atoms with Crippen LogP contribution in [0, 0.1) is 0 Å². The van der Waals surface area contributed by atoms with Crippen molar-refractivity contribution in [2.75, 3.05) is 54.1 Å². The molecule has 2 heterocycles. The molecular formula is C13H25N5O2. The lowest BCUT2D eigenvalue weighted by Crippen LogP contribution is -2.45. The molecule has 0 saturated heterocycles. The summed E-state index contributed by atoms with van der Waals surface area (Å²) in [5.41, 5.74) is 1.10. The quantitative estimate of drug-likeness (QED) is 0.626. The minimum Gasteiger partial charge on any atom is -0.395 e. The van der Waals surface area contributed by atoms with Gasteiger partial charge in [-0.15, -0.1) is 0 Å². The molecule has 20 heavy (non-hydrogen) atoms. The van der Waals surface area contributed by atoms with Crippen LogP contribution in [0.2, 0.25) is 0 Å². The van der Waals surface area contributed by atoms with Crippen LogP contribution < -0.4 is 0 Å². The molecule has 2 aliphatic heterocycles. The maximum absolute atomic E-state index is 10.1. The van der Waals surface area contributed by atoms with Crippen molar-refractivity contribution in [1.29, 1.82) is 0 Å². The second kappa shape index (κ2) is 6.53. The van der Waals surface area contributed by atoms with Crippen LogP contribution in [0.3, 0.4) is 0 Å². The monoisotopic (exact) mass is 283 g/mol. The minimum atomic E-state index is -0.477. The highest BCUT2D eigenvalue weighted by Crippen LogP contribution is 2.24. The Kier molecular flexibility index (Phi) is 4.98. The third-order valence-electron chi connectivity index (χ3n) is 3.57. The smallest absolute Gasteiger partial charge is 0.147 e. The molecule has 2 rings (SSSR count). The summed E-state index contributed by atoms with van der Waals surface area (Å²) < 4.78 is 0. The van der Waals surface area contributed by atoms with Gasteiger partial charge in [0.05, 0.1) is 38.0 Å². The summed E-state index contributed by atoms with van der Waals surface area (Å²) in [5, 5.41) is 19.0. The number of aliphatic hydroxyl groups excluding tert-OH is 2. The van der Waals surface area contributed by atoms with Crippen LogP contribution in [-0.2, 0) is 0 Å². The Hall–Kier alpha value is -1.15. The van der Waals surface area contributed by atoms with Crippen molar-refractivity contribution in [2.45, 2.75) is 12.3 Å². The first kappa shape index (κ1) is 15.2. The van der Waals surface area contributed by atoms with Crippen molar-refractivity contribution >= 4 is 6.34 Å². The molecule has 0 fully saturated rings. The highest BCUT2D eigenvalue weighted by atomic mass is 16.3. The number of rotatable bonds is 6. The largest absolute Gasteiger partial charge is 0.395 e. The first-order valence-corrected chi connectivity index (χ1v) is 6.91. The van der Waals surface area contributed by atoms with Gasteiger partial charge >= 0.3 is 0 Å². The molecule has 0 radical (unpaired) electrons. The van der Waals surface area contributed by atoms with Gasteiger partial charge in [-0.1, -0.05) is 0 Å². The van der Waals surface area contributed by atoms with Crippen molar-refractivity contribution in [3.63, 3.8) is 0 Å². The van der Waals surface area contributed by atoms with E-state index in [1.54, 1.807) is 6.34 Å². The Bertz CT molecular complexity index is 387. The van der Waals surface area contributed by atoms with Crippen LogP contribution in [0.5, 0.6) is 0 Å². The molecule has 0 aromatic carbocycles. The van der Waals surface area contributed by atoms with Crippen molar-refractivity contribution in [3.05, 3.63) is 11.9 Å². The molecule has 0 amide bonds. The fraction of sp³-hybridized carbons (Fsp3) is 0.769. The zero-order valence-electron chi connectivity index (χ0n) is 12.5. The average Bonchev–Trinajstić information content (AvgIpc) is 2.72. The standard InChI is InChI=1S/C13H25N5O2/c1-15(4-5-19)6-11(20)7-18-9-14-13-12(18)8-16(2)10-17(13)3/h8-9,11,13,19-20H,4-7,10H2,1-3H3. The lowest BCUT2D eigenvalue weighted by molar-refractivity contribution is 0.0951. The van der Waals surface area contributed by atoms with E-state index >= 15 is 0 Å². The molecule has 7 nitrogen and oxygen atoms in total. The van der Waals surface area contributed by atoms with Gasteiger partial charge in [0.25, 0.3) is 0 Å². The van der Waals surface area contributed by atoms with E-state index in [0.29, 0.717) is 19.6 Å². The van der Waals surface area contributed by atoms with Gasteiger partial charge in [-0.05, 0) is 14.1 Å². The van der Waals surface area contributed by atoms with E-state index < -0.39 is 6.10 Å². The van der Waals surface area contributed by atoms with E-state index in [1.165, 1.54) is 0 Å². The highest BCUT2D eigenvalue weighted by molar-refractivity contribution is 5.63. The zero-order chi connectivity index (χ0) is 14.7. The van der Waals surface area contributed by atoms with E-state index in [-0.39, 0.29) is 12.8 Å². The van der Waals surface area contributed by atoms with Gasteiger partial charge in [-0.3, -0.25) is 4.90 Å². The van der Waals surface area contributed by atoms with Crippen LogP contribution in [0.25, 0.3) is 0 Å². The highest BCUT2D eigenvalue weighted by Gasteiger charge is 2.32. The molecular weight excluding hydrogens is 258 g/mol. The molecule has 0 aliphatic carbocycles. The normalized spacial score (nSPS) is 24.3. The Labute approximate surface area is 120 Å².